The Balaban J connectivity index is 2.92. The zero-order chi connectivity index (χ0) is 12.3. The molecule has 0 aliphatic rings. The zero-order valence-corrected chi connectivity index (χ0v) is 10.5. The van der Waals surface area contributed by atoms with Crippen LogP contribution in [0.15, 0.2) is 18.2 Å². The van der Waals surface area contributed by atoms with E-state index < -0.39 is 11.7 Å². The number of carbonyl (C=O) groups excluding carboxylic acids is 1. The minimum atomic E-state index is -0.691. The predicted molar refractivity (Wildman–Crippen MR) is 63.7 cm³/mol. The van der Waals surface area contributed by atoms with Crippen molar-refractivity contribution in [2.75, 3.05) is 13.6 Å². The quantitative estimate of drug-likeness (QED) is 0.768. The summed E-state index contributed by atoms with van der Waals surface area (Å²) in [5, 5.41) is -0.241. The number of nitrogens with zero attached hydrogens (tertiary/aromatic N) is 1. The van der Waals surface area contributed by atoms with Gasteiger partial charge in [-0.3, -0.25) is 4.79 Å². The molecule has 0 aliphatic carbocycles. The first kappa shape index (κ1) is 13.3. The van der Waals surface area contributed by atoms with Crippen molar-refractivity contribution in [2.24, 2.45) is 0 Å². The van der Waals surface area contributed by atoms with Crippen LogP contribution in [-0.2, 0) is 0 Å². The van der Waals surface area contributed by atoms with Gasteiger partial charge in [-0.1, -0.05) is 17.7 Å². The number of benzene rings is 1. The van der Waals surface area contributed by atoms with Gasteiger partial charge in [-0.05, 0) is 19.1 Å². The molecule has 1 atom stereocenters. The minimum absolute atomic E-state index is 0.0349. The van der Waals surface area contributed by atoms with Gasteiger partial charge in [0, 0.05) is 19.0 Å². The Labute approximate surface area is 104 Å². The minimum Gasteiger partial charge on any atom is -0.340 e. The summed E-state index contributed by atoms with van der Waals surface area (Å²) in [7, 11) is 1.57. The zero-order valence-electron chi connectivity index (χ0n) is 9.01. The van der Waals surface area contributed by atoms with E-state index in [1.54, 1.807) is 14.0 Å². The highest BCUT2D eigenvalue weighted by Crippen LogP contribution is 2.19. The van der Waals surface area contributed by atoms with Gasteiger partial charge in [-0.2, -0.15) is 0 Å². The third-order valence-corrected chi connectivity index (χ3v) is 2.48. The molecule has 0 aliphatic heterocycles. The molecule has 0 saturated carbocycles. The molecule has 0 fully saturated rings. The van der Waals surface area contributed by atoms with E-state index in [0.29, 0.717) is 6.54 Å². The lowest BCUT2D eigenvalue weighted by Gasteiger charge is -2.18. The van der Waals surface area contributed by atoms with E-state index in [-0.39, 0.29) is 16.0 Å². The van der Waals surface area contributed by atoms with Crippen LogP contribution in [0.25, 0.3) is 0 Å². The van der Waals surface area contributed by atoms with E-state index in [2.05, 4.69) is 0 Å². The molecule has 0 saturated heterocycles. The number of rotatable bonds is 3. The molecule has 1 amide bonds. The maximum Gasteiger partial charge on any atom is 0.256 e. The molecule has 16 heavy (non-hydrogen) atoms. The predicted octanol–water partition coefficient (Wildman–Crippen LogP) is 3.18. The molecule has 1 unspecified atom stereocenters. The molecule has 0 aromatic heterocycles. The van der Waals surface area contributed by atoms with Gasteiger partial charge >= 0.3 is 0 Å². The summed E-state index contributed by atoms with van der Waals surface area (Å²) in [6.45, 7) is 2.12. The van der Waals surface area contributed by atoms with Crippen LogP contribution in [-0.4, -0.2) is 29.8 Å². The van der Waals surface area contributed by atoms with Gasteiger partial charge in [0.1, 0.15) is 0 Å². The maximum atomic E-state index is 13.5. The maximum absolute atomic E-state index is 13.5. The fourth-order valence-corrected chi connectivity index (χ4v) is 1.72. The number of alkyl halides is 1. The molecule has 0 radical (unpaired) electrons. The van der Waals surface area contributed by atoms with Gasteiger partial charge in [-0.25, -0.2) is 4.39 Å². The summed E-state index contributed by atoms with van der Waals surface area (Å²) in [5.74, 6) is -1.12. The summed E-state index contributed by atoms with van der Waals surface area (Å²) < 4.78 is 13.5. The molecule has 0 bridgehead atoms. The van der Waals surface area contributed by atoms with Gasteiger partial charge in [0.25, 0.3) is 5.91 Å². The second kappa shape index (κ2) is 5.51. The topological polar surface area (TPSA) is 20.3 Å². The van der Waals surface area contributed by atoms with Crippen molar-refractivity contribution in [1.29, 1.82) is 0 Å². The third kappa shape index (κ3) is 3.09. The largest absolute Gasteiger partial charge is 0.340 e. The van der Waals surface area contributed by atoms with E-state index in [1.807, 2.05) is 0 Å². The molecule has 0 N–H and O–H groups in total. The molecular weight excluding hydrogens is 252 g/mol. The van der Waals surface area contributed by atoms with Gasteiger partial charge < -0.3 is 4.90 Å². The Hall–Kier alpha value is -0.800. The number of hydrogen-bond donors (Lipinski definition) is 0. The third-order valence-electron chi connectivity index (χ3n) is 2.05. The summed E-state index contributed by atoms with van der Waals surface area (Å²) in [6, 6.07) is 4.34. The molecule has 88 valence electrons. The summed E-state index contributed by atoms with van der Waals surface area (Å²) >= 11 is 11.4. The van der Waals surface area contributed by atoms with Crippen LogP contribution in [0.3, 0.4) is 0 Å². The van der Waals surface area contributed by atoms with Crippen molar-refractivity contribution in [2.45, 2.75) is 12.3 Å². The number of hydrogen-bond acceptors (Lipinski definition) is 1. The van der Waals surface area contributed by atoms with Crippen LogP contribution < -0.4 is 0 Å². The van der Waals surface area contributed by atoms with Crippen LogP contribution in [0, 0.1) is 5.82 Å². The van der Waals surface area contributed by atoms with Crippen molar-refractivity contribution in [3.05, 3.63) is 34.6 Å². The van der Waals surface area contributed by atoms with Crippen LogP contribution in [0.4, 0.5) is 4.39 Å². The lowest BCUT2D eigenvalue weighted by atomic mass is 10.2. The van der Waals surface area contributed by atoms with Crippen LogP contribution >= 0.6 is 23.2 Å². The van der Waals surface area contributed by atoms with Crippen molar-refractivity contribution in [3.8, 4) is 0 Å². The molecule has 2 nitrogen and oxygen atoms in total. The van der Waals surface area contributed by atoms with Crippen LogP contribution in [0.2, 0.25) is 5.02 Å². The van der Waals surface area contributed by atoms with Crippen molar-refractivity contribution in [3.63, 3.8) is 0 Å². The van der Waals surface area contributed by atoms with Crippen molar-refractivity contribution < 1.29 is 9.18 Å². The Bertz CT molecular complexity index is 396. The molecule has 1 aromatic rings. The van der Waals surface area contributed by atoms with Crippen molar-refractivity contribution >= 4 is 29.1 Å². The van der Waals surface area contributed by atoms with E-state index in [1.165, 1.54) is 23.1 Å². The number of carbonyl (C=O) groups is 1. The highest BCUT2D eigenvalue weighted by molar-refractivity contribution is 6.31. The first-order valence-electron chi connectivity index (χ1n) is 4.77. The van der Waals surface area contributed by atoms with E-state index >= 15 is 0 Å². The highest BCUT2D eigenvalue weighted by atomic mass is 35.5. The normalized spacial score (nSPS) is 12.3. The van der Waals surface area contributed by atoms with Gasteiger partial charge in [0.15, 0.2) is 5.82 Å². The molecule has 1 aromatic carbocycles. The highest BCUT2D eigenvalue weighted by Gasteiger charge is 2.18. The summed E-state index contributed by atoms with van der Waals surface area (Å²) in [4.78, 5) is 13.2. The Kier molecular flexibility index (Phi) is 4.56. The van der Waals surface area contributed by atoms with E-state index in [9.17, 15) is 9.18 Å². The van der Waals surface area contributed by atoms with Crippen LogP contribution in [0.1, 0.15) is 17.3 Å². The van der Waals surface area contributed by atoms with Crippen molar-refractivity contribution in [1.82, 2.24) is 4.90 Å². The average molecular weight is 264 g/mol. The fraction of sp³-hybridized carbons (Fsp3) is 0.364. The van der Waals surface area contributed by atoms with Gasteiger partial charge in [0.2, 0.25) is 0 Å². The number of halogens is 3. The standard InChI is InChI=1S/C11H12Cl2FNO/c1-7(12)6-15(2)11(16)8-4-3-5-9(13)10(8)14/h3-5,7H,6H2,1-2H3. The SMILES string of the molecule is CC(Cl)CN(C)C(=O)c1cccc(Cl)c1F. The van der Waals surface area contributed by atoms with E-state index in [0.717, 1.165) is 0 Å². The van der Waals surface area contributed by atoms with E-state index in [4.69, 9.17) is 23.2 Å². The number of amides is 1. The lowest BCUT2D eigenvalue weighted by molar-refractivity contribution is 0.0791. The summed E-state index contributed by atoms with van der Waals surface area (Å²) in [6.07, 6.45) is 0. The van der Waals surface area contributed by atoms with Gasteiger partial charge in [-0.15, -0.1) is 11.6 Å². The van der Waals surface area contributed by atoms with Gasteiger partial charge in [0.05, 0.1) is 10.6 Å². The second-order valence-electron chi connectivity index (χ2n) is 3.57. The summed E-state index contributed by atoms with van der Waals surface area (Å²) in [5.41, 5.74) is -0.0349. The Morgan fingerprint density at radius 2 is 2.19 bits per heavy atom. The monoisotopic (exact) mass is 263 g/mol. The molecular formula is C11H12Cl2FNO. The Morgan fingerprint density at radius 3 is 2.75 bits per heavy atom. The molecule has 0 spiro atoms. The molecule has 1 rings (SSSR count). The van der Waals surface area contributed by atoms with Crippen LogP contribution in [0.5, 0.6) is 0 Å². The smallest absolute Gasteiger partial charge is 0.256 e. The first-order chi connectivity index (χ1) is 7.43. The molecule has 5 heteroatoms. The second-order valence-corrected chi connectivity index (χ2v) is 4.72. The lowest BCUT2D eigenvalue weighted by Crippen LogP contribution is -2.31. The fourth-order valence-electron chi connectivity index (χ4n) is 1.33. The Morgan fingerprint density at radius 1 is 1.56 bits per heavy atom. The average Bonchev–Trinajstić information content (AvgIpc) is 2.20. The first-order valence-corrected chi connectivity index (χ1v) is 5.58. The molecule has 0 heterocycles.